The third-order valence-corrected chi connectivity index (χ3v) is 12.8. The number of rotatable bonds is 8. The second kappa shape index (κ2) is 15.3. The van der Waals surface area contributed by atoms with Crippen molar-refractivity contribution in [2.75, 3.05) is 4.90 Å². The van der Waals surface area contributed by atoms with Crippen LogP contribution >= 0.6 is 11.3 Å². The lowest BCUT2D eigenvalue weighted by Crippen LogP contribution is -2.10. The molecule has 1 nitrogen and oxygen atoms in total. The SMILES string of the molecule is c1ccc(-c2cc(-c3ccccc3)cc(-c3ccc(N(c4ccc(-c5cccc6sc7ccccc7c56)cc4)c4cccc(-c5cccc6ccccc56)c4)cc3)c2)cc1. The lowest BCUT2D eigenvalue weighted by molar-refractivity contribution is 1.28. The summed E-state index contributed by atoms with van der Waals surface area (Å²) < 4.78 is 2.63. The minimum atomic E-state index is 1.09. The minimum absolute atomic E-state index is 1.09. The highest BCUT2D eigenvalue weighted by atomic mass is 32.1. The van der Waals surface area contributed by atoms with Gasteiger partial charge in [0.2, 0.25) is 0 Å². The van der Waals surface area contributed by atoms with E-state index in [2.05, 4.69) is 241 Å². The van der Waals surface area contributed by atoms with E-state index in [0.717, 1.165) is 17.1 Å². The fourth-order valence-electron chi connectivity index (χ4n) is 8.73. The lowest BCUT2D eigenvalue weighted by Gasteiger charge is -2.26. The average Bonchev–Trinajstić information content (AvgIpc) is 3.72. The predicted octanol–water partition coefficient (Wildman–Crippen LogP) is 17.0. The van der Waals surface area contributed by atoms with Crippen LogP contribution in [-0.2, 0) is 0 Å². The van der Waals surface area contributed by atoms with Gasteiger partial charge < -0.3 is 4.90 Å². The van der Waals surface area contributed by atoms with Crippen LogP contribution in [0.2, 0.25) is 0 Å². The molecular formula is C58H39NS. The molecule has 11 aromatic rings. The Hall–Kier alpha value is -7.52. The summed E-state index contributed by atoms with van der Waals surface area (Å²) in [7, 11) is 0. The van der Waals surface area contributed by atoms with Crippen LogP contribution in [-0.4, -0.2) is 0 Å². The molecule has 11 rings (SSSR count). The van der Waals surface area contributed by atoms with Gasteiger partial charge in [0.15, 0.2) is 0 Å². The van der Waals surface area contributed by atoms with Gasteiger partial charge in [0.1, 0.15) is 0 Å². The molecule has 0 aliphatic heterocycles. The minimum Gasteiger partial charge on any atom is -0.310 e. The summed E-state index contributed by atoms with van der Waals surface area (Å²) in [6.45, 7) is 0. The summed E-state index contributed by atoms with van der Waals surface area (Å²) in [6.07, 6.45) is 0. The molecule has 0 spiro atoms. The summed E-state index contributed by atoms with van der Waals surface area (Å²) in [5, 5.41) is 5.13. The van der Waals surface area contributed by atoms with Crippen LogP contribution in [0.25, 0.3) is 86.6 Å². The molecule has 60 heavy (non-hydrogen) atoms. The van der Waals surface area contributed by atoms with Crippen molar-refractivity contribution in [3.05, 3.63) is 237 Å². The molecule has 0 unspecified atom stereocenters. The molecule has 0 amide bonds. The summed E-state index contributed by atoms with van der Waals surface area (Å²) in [6, 6.07) is 86.1. The Morgan fingerprint density at radius 1 is 0.267 bits per heavy atom. The quantitative estimate of drug-likeness (QED) is 0.148. The van der Waals surface area contributed by atoms with E-state index in [1.54, 1.807) is 0 Å². The highest BCUT2D eigenvalue weighted by Crippen LogP contribution is 2.43. The molecule has 1 aromatic heterocycles. The monoisotopic (exact) mass is 781 g/mol. The van der Waals surface area contributed by atoms with Crippen molar-refractivity contribution < 1.29 is 0 Å². The van der Waals surface area contributed by atoms with E-state index in [-0.39, 0.29) is 0 Å². The molecule has 10 aromatic carbocycles. The van der Waals surface area contributed by atoms with E-state index < -0.39 is 0 Å². The zero-order chi connectivity index (χ0) is 39.8. The summed E-state index contributed by atoms with van der Waals surface area (Å²) in [4.78, 5) is 2.39. The van der Waals surface area contributed by atoms with Crippen LogP contribution in [0.5, 0.6) is 0 Å². The van der Waals surface area contributed by atoms with Gasteiger partial charge in [-0.1, -0.05) is 170 Å². The summed E-state index contributed by atoms with van der Waals surface area (Å²) >= 11 is 1.86. The molecule has 0 fully saturated rings. The summed E-state index contributed by atoms with van der Waals surface area (Å²) in [5.74, 6) is 0. The van der Waals surface area contributed by atoms with Gasteiger partial charge in [-0.3, -0.25) is 0 Å². The maximum Gasteiger partial charge on any atom is 0.0467 e. The largest absolute Gasteiger partial charge is 0.310 e. The molecule has 0 saturated heterocycles. The number of thiophene rings is 1. The van der Waals surface area contributed by atoms with E-state index >= 15 is 0 Å². The Balaban J connectivity index is 1.03. The van der Waals surface area contributed by atoms with Crippen molar-refractivity contribution in [2.24, 2.45) is 0 Å². The van der Waals surface area contributed by atoms with Gasteiger partial charge in [-0.05, 0) is 133 Å². The van der Waals surface area contributed by atoms with Gasteiger partial charge in [0, 0.05) is 37.2 Å². The van der Waals surface area contributed by atoms with Crippen molar-refractivity contribution in [1.29, 1.82) is 0 Å². The van der Waals surface area contributed by atoms with Gasteiger partial charge in [-0.15, -0.1) is 11.3 Å². The van der Waals surface area contributed by atoms with E-state index in [1.807, 2.05) is 11.3 Å². The smallest absolute Gasteiger partial charge is 0.0467 e. The molecule has 0 atom stereocenters. The Bertz CT molecular complexity index is 3230. The molecule has 0 radical (unpaired) electrons. The number of nitrogens with zero attached hydrogens (tertiary/aromatic N) is 1. The maximum atomic E-state index is 2.39. The van der Waals surface area contributed by atoms with Gasteiger partial charge in [0.05, 0.1) is 0 Å². The second-order valence-corrected chi connectivity index (χ2v) is 16.4. The highest BCUT2D eigenvalue weighted by molar-refractivity contribution is 7.25. The first kappa shape index (κ1) is 35.6. The number of hydrogen-bond acceptors (Lipinski definition) is 2. The molecule has 1 heterocycles. The Kier molecular flexibility index (Phi) is 9.11. The molecular weight excluding hydrogens is 743 g/mol. The zero-order valence-corrected chi connectivity index (χ0v) is 33.7. The Morgan fingerprint density at radius 3 is 1.43 bits per heavy atom. The van der Waals surface area contributed by atoms with Crippen LogP contribution in [0.1, 0.15) is 0 Å². The van der Waals surface area contributed by atoms with E-state index in [4.69, 9.17) is 0 Å². The zero-order valence-electron chi connectivity index (χ0n) is 32.9. The molecule has 0 N–H and O–H groups in total. The van der Waals surface area contributed by atoms with Crippen LogP contribution in [0.15, 0.2) is 237 Å². The van der Waals surface area contributed by atoms with Gasteiger partial charge >= 0.3 is 0 Å². The van der Waals surface area contributed by atoms with Crippen LogP contribution in [0, 0.1) is 0 Å². The Morgan fingerprint density at radius 2 is 0.750 bits per heavy atom. The second-order valence-electron chi connectivity index (χ2n) is 15.3. The predicted molar refractivity (Wildman–Crippen MR) is 259 cm³/mol. The first-order chi connectivity index (χ1) is 29.7. The number of fused-ring (bicyclic) bond motifs is 4. The van der Waals surface area contributed by atoms with Gasteiger partial charge in [-0.25, -0.2) is 0 Å². The van der Waals surface area contributed by atoms with Crippen molar-refractivity contribution in [1.82, 2.24) is 0 Å². The number of benzene rings is 10. The first-order valence-electron chi connectivity index (χ1n) is 20.5. The molecule has 0 aliphatic carbocycles. The molecule has 0 bridgehead atoms. The molecule has 0 saturated carbocycles. The van der Waals surface area contributed by atoms with Gasteiger partial charge in [0.25, 0.3) is 0 Å². The standard InChI is InChI=1S/C58H39NS/c1-3-14-40(15-4-1)46-36-47(41-16-5-2-6-17-41)38-48(37-46)42-28-32-49(33-29-42)59(51-21-11-20-45(39-51)53-24-12-19-43-18-7-8-22-52(43)53)50-34-30-44(31-35-50)54-25-13-27-57-58(54)55-23-9-10-26-56(55)60-57/h1-39H. The average molecular weight is 782 g/mol. The maximum absolute atomic E-state index is 2.39. The van der Waals surface area contributed by atoms with E-state index in [0.29, 0.717) is 0 Å². The van der Waals surface area contributed by atoms with Crippen LogP contribution < -0.4 is 4.90 Å². The van der Waals surface area contributed by atoms with Crippen molar-refractivity contribution >= 4 is 59.3 Å². The lowest BCUT2D eigenvalue weighted by atomic mass is 9.93. The van der Waals surface area contributed by atoms with E-state index in [1.165, 1.54) is 86.6 Å². The molecule has 282 valence electrons. The molecule has 0 aliphatic rings. The third-order valence-electron chi connectivity index (χ3n) is 11.7. The Labute approximate surface area is 354 Å². The fourth-order valence-corrected chi connectivity index (χ4v) is 9.87. The van der Waals surface area contributed by atoms with Crippen molar-refractivity contribution in [2.45, 2.75) is 0 Å². The number of anilines is 3. The first-order valence-corrected chi connectivity index (χ1v) is 21.3. The summed E-state index contributed by atoms with van der Waals surface area (Å²) in [5.41, 5.74) is 15.3. The van der Waals surface area contributed by atoms with Crippen molar-refractivity contribution in [3.63, 3.8) is 0 Å². The number of hydrogen-bond donors (Lipinski definition) is 0. The normalized spacial score (nSPS) is 11.3. The fraction of sp³-hybridized carbons (Fsp3) is 0. The van der Waals surface area contributed by atoms with Crippen LogP contribution in [0.3, 0.4) is 0 Å². The highest BCUT2D eigenvalue weighted by Gasteiger charge is 2.17. The third kappa shape index (κ3) is 6.63. The van der Waals surface area contributed by atoms with Crippen LogP contribution in [0.4, 0.5) is 17.1 Å². The van der Waals surface area contributed by atoms with E-state index in [9.17, 15) is 0 Å². The molecule has 2 heteroatoms. The van der Waals surface area contributed by atoms with Crippen molar-refractivity contribution in [3.8, 4) is 55.6 Å². The van der Waals surface area contributed by atoms with Gasteiger partial charge in [-0.2, -0.15) is 0 Å². The topological polar surface area (TPSA) is 3.24 Å².